The first-order valence-electron chi connectivity index (χ1n) is 3.27. The zero-order valence-corrected chi connectivity index (χ0v) is 12.0. The van der Waals surface area contributed by atoms with Crippen molar-refractivity contribution in [2.75, 3.05) is 12.5 Å². The molecule has 11 heavy (non-hydrogen) atoms. The number of rotatable bonds is 1. The predicted octanol–water partition coefficient (Wildman–Crippen LogP) is 3.23. The number of hydrogen-bond donors (Lipinski definition) is 0. The van der Waals surface area contributed by atoms with E-state index in [1.54, 1.807) is 11.8 Å². The van der Waals surface area contributed by atoms with E-state index >= 15 is 0 Å². The average molecular weight is 283 g/mol. The van der Waals surface area contributed by atoms with Gasteiger partial charge in [0, 0.05) is 0 Å². The van der Waals surface area contributed by atoms with Gasteiger partial charge in [0.15, 0.2) is 0 Å². The van der Waals surface area contributed by atoms with Crippen molar-refractivity contribution in [3.63, 3.8) is 0 Å². The molecule has 0 fully saturated rings. The normalized spacial score (nSPS) is 8.82. The van der Waals surface area contributed by atoms with Crippen LogP contribution in [0.2, 0.25) is 17.3 Å². The molecule has 0 bridgehead atoms. The summed E-state index contributed by atoms with van der Waals surface area (Å²) in [5, 5.41) is 0. The molecule has 0 saturated carbocycles. The summed E-state index contributed by atoms with van der Waals surface area (Å²) in [6.45, 7) is 7.60. The Morgan fingerprint density at radius 3 is 1.36 bits per heavy atom. The van der Waals surface area contributed by atoms with Crippen LogP contribution in [0.4, 0.5) is 0 Å². The number of hydrogen-bond acceptors (Lipinski definition) is 1. The summed E-state index contributed by atoms with van der Waals surface area (Å²) >= 11 is 0.278. The van der Waals surface area contributed by atoms with E-state index in [1.807, 2.05) is 12.5 Å². The van der Waals surface area contributed by atoms with Crippen molar-refractivity contribution < 1.29 is 17.1 Å². The quantitative estimate of drug-likeness (QED) is 0.526. The molecule has 0 spiro atoms. The van der Waals surface area contributed by atoms with Gasteiger partial charge < -0.3 is 0 Å². The van der Waals surface area contributed by atoms with E-state index in [9.17, 15) is 0 Å². The van der Waals surface area contributed by atoms with E-state index in [0.29, 0.717) is 0 Å². The summed E-state index contributed by atoms with van der Waals surface area (Å²) < 4.78 is 1.18. The molecule has 0 saturated heterocycles. The summed E-state index contributed by atoms with van der Waals surface area (Å²) in [5.41, 5.74) is 0. The van der Waals surface area contributed by atoms with Crippen molar-refractivity contribution in [1.29, 1.82) is 0 Å². The van der Waals surface area contributed by atoms with Gasteiger partial charge in [-0.1, -0.05) is 0 Å². The zero-order valence-electron chi connectivity index (χ0n) is 8.12. The molecule has 3 heteroatoms. The largest absolute Gasteiger partial charge is 1.00 e. The predicted molar refractivity (Wildman–Crippen MR) is 57.3 cm³/mol. The van der Waals surface area contributed by atoms with Crippen LogP contribution in [-0.2, 0) is 17.1 Å². The van der Waals surface area contributed by atoms with E-state index in [0.717, 1.165) is 0 Å². The second-order valence-electron chi connectivity index (χ2n) is 3.26. The Labute approximate surface area is 89.4 Å². The minimum atomic E-state index is -1.47. The molecule has 0 aliphatic carbocycles. The van der Waals surface area contributed by atoms with Crippen LogP contribution in [0.3, 0.4) is 0 Å². The van der Waals surface area contributed by atoms with Crippen molar-refractivity contribution in [2.45, 2.75) is 17.3 Å². The summed E-state index contributed by atoms with van der Waals surface area (Å²) in [6, 6.07) is 0. The van der Waals surface area contributed by atoms with Gasteiger partial charge in [-0.2, -0.15) is 11.8 Å². The third-order valence-corrected chi connectivity index (χ3v) is 5.51. The third kappa shape index (κ3) is 18.2. The van der Waals surface area contributed by atoms with E-state index in [2.05, 4.69) is 30.8 Å². The summed E-state index contributed by atoms with van der Waals surface area (Å²) in [6.07, 6.45) is 4.08. The van der Waals surface area contributed by atoms with Crippen LogP contribution in [0, 0.1) is 6.92 Å². The number of allylic oxidation sites excluding steroid dienone is 1. The molecular formula is C8H19CuGeS. The molecule has 0 radical (unpaired) electrons. The Morgan fingerprint density at radius 2 is 1.36 bits per heavy atom. The maximum Gasteiger partial charge on any atom is 1.00 e. The van der Waals surface area contributed by atoms with E-state index in [-0.39, 0.29) is 17.1 Å². The van der Waals surface area contributed by atoms with Gasteiger partial charge in [-0.3, -0.25) is 0 Å². The molecule has 0 heterocycles. The standard InChI is InChI=1S/C6H13Ge.C2H6S.Cu/c1-6(2)7(3,4)5;1-3-2;/h1-2H2,3-5H3;1-2H3;/q-1;;+1. The van der Waals surface area contributed by atoms with Gasteiger partial charge in [-0.15, -0.1) is 0 Å². The van der Waals surface area contributed by atoms with Gasteiger partial charge in [0.1, 0.15) is 0 Å². The van der Waals surface area contributed by atoms with Gasteiger partial charge in [-0.05, 0) is 12.5 Å². The molecule has 0 aliphatic heterocycles. The minimum absolute atomic E-state index is 0. The van der Waals surface area contributed by atoms with Gasteiger partial charge in [0.05, 0.1) is 0 Å². The molecule has 0 atom stereocenters. The fourth-order valence-electron chi connectivity index (χ4n) is 0. The topological polar surface area (TPSA) is 0 Å². The molecular weight excluding hydrogens is 264 g/mol. The summed E-state index contributed by atoms with van der Waals surface area (Å²) in [5.74, 6) is 6.86. The van der Waals surface area contributed by atoms with Crippen LogP contribution in [0.25, 0.3) is 0 Å². The zero-order chi connectivity index (χ0) is 8.78. The maximum absolute atomic E-state index is 3.80. The Morgan fingerprint density at radius 1 is 1.27 bits per heavy atom. The Hall–Kier alpha value is 1.02. The van der Waals surface area contributed by atoms with Crippen molar-refractivity contribution in [1.82, 2.24) is 0 Å². The second-order valence-corrected chi connectivity index (χ2v) is 15.0. The number of thioether (sulfide) groups is 1. The van der Waals surface area contributed by atoms with Crippen LogP contribution in [0.5, 0.6) is 0 Å². The molecule has 0 aromatic heterocycles. The van der Waals surface area contributed by atoms with Crippen LogP contribution < -0.4 is 0 Å². The molecule has 0 aromatic carbocycles. The maximum atomic E-state index is 3.80. The average Bonchev–Trinajstić information content (AvgIpc) is 1.64. The first kappa shape index (κ1) is 17.9. The Balaban J connectivity index is -0.000000140. The van der Waals surface area contributed by atoms with Crippen molar-refractivity contribution in [2.24, 2.45) is 0 Å². The van der Waals surface area contributed by atoms with Crippen LogP contribution in [-0.4, -0.2) is 25.8 Å². The Kier molecular flexibility index (Phi) is 14.9. The summed E-state index contributed by atoms with van der Waals surface area (Å²) in [7, 11) is 0. The van der Waals surface area contributed by atoms with Gasteiger partial charge >= 0.3 is 65.5 Å². The molecule has 0 unspecified atom stereocenters. The van der Waals surface area contributed by atoms with E-state index in [4.69, 9.17) is 0 Å². The van der Waals surface area contributed by atoms with Crippen molar-refractivity contribution >= 4 is 25.0 Å². The summed E-state index contributed by atoms with van der Waals surface area (Å²) in [4.78, 5) is 0. The minimum Gasteiger partial charge on any atom is -0.169 e. The van der Waals surface area contributed by atoms with E-state index in [1.165, 1.54) is 4.41 Å². The molecule has 0 nitrogen and oxygen atoms in total. The first-order valence-corrected chi connectivity index (χ1v) is 12.2. The fraction of sp³-hybridized carbons (Fsp3) is 0.625. The SMILES string of the molecule is C=[C]([CH2-])[Ge]([CH3])([CH3])[CH3].CSC.[Cu+]. The molecule has 72 valence electrons. The molecule has 0 N–H and O–H groups in total. The van der Waals surface area contributed by atoms with Crippen molar-refractivity contribution in [3.05, 3.63) is 17.9 Å². The van der Waals surface area contributed by atoms with Crippen molar-refractivity contribution in [3.8, 4) is 0 Å². The molecule has 0 amide bonds. The smallest absolute Gasteiger partial charge is 0.169 e. The van der Waals surface area contributed by atoms with Crippen LogP contribution >= 0.6 is 11.8 Å². The first-order chi connectivity index (χ1) is 4.36. The fourth-order valence-corrected chi connectivity index (χ4v) is 0. The monoisotopic (exact) mass is 284 g/mol. The molecule has 0 aliphatic rings. The third-order valence-electron chi connectivity index (χ3n) is 1.06. The van der Waals surface area contributed by atoms with Gasteiger partial charge in [0.25, 0.3) is 0 Å². The van der Waals surface area contributed by atoms with Crippen LogP contribution in [0.1, 0.15) is 0 Å². The molecule has 0 rings (SSSR count). The van der Waals surface area contributed by atoms with Gasteiger partial charge in [0.2, 0.25) is 0 Å². The van der Waals surface area contributed by atoms with Crippen LogP contribution in [0.15, 0.2) is 11.0 Å². The Bertz CT molecular complexity index is 96.8. The van der Waals surface area contributed by atoms with E-state index < -0.39 is 13.3 Å². The van der Waals surface area contributed by atoms with Gasteiger partial charge in [-0.25, -0.2) is 0 Å². The molecule has 0 aromatic rings. The second kappa shape index (κ2) is 9.11.